The topological polar surface area (TPSA) is 63.1 Å². The molecule has 0 radical (unpaired) electrons. The van der Waals surface area contributed by atoms with Crippen molar-refractivity contribution in [2.75, 3.05) is 7.05 Å². The van der Waals surface area contributed by atoms with Crippen molar-refractivity contribution in [3.05, 3.63) is 33.0 Å². The van der Waals surface area contributed by atoms with Gasteiger partial charge in [0.1, 0.15) is 0 Å². The van der Waals surface area contributed by atoms with Gasteiger partial charge in [-0.25, -0.2) is 9.78 Å². The first-order valence-corrected chi connectivity index (χ1v) is 9.18. The molecule has 2 amide bonds. The van der Waals surface area contributed by atoms with Crippen LogP contribution >= 0.6 is 11.3 Å². The fraction of sp³-hybridized carbons (Fsp3) is 0.588. The van der Waals surface area contributed by atoms with E-state index in [0.29, 0.717) is 0 Å². The van der Waals surface area contributed by atoms with Crippen LogP contribution < -0.4 is 5.32 Å². The highest BCUT2D eigenvalue weighted by Gasteiger charge is 2.30. The van der Waals surface area contributed by atoms with Gasteiger partial charge in [0.25, 0.3) is 0 Å². The molecular formula is C17H25N5OS. The van der Waals surface area contributed by atoms with E-state index in [9.17, 15) is 4.79 Å². The minimum atomic E-state index is -0.0695. The van der Waals surface area contributed by atoms with Crippen LogP contribution in [0.15, 0.2) is 6.20 Å². The highest BCUT2D eigenvalue weighted by molar-refractivity contribution is 7.11. The maximum atomic E-state index is 12.7. The molecule has 3 rings (SSSR count). The molecule has 6 nitrogen and oxygen atoms in total. The normalized spacial score (nSPS) is 18.1. The van der Waals surface area contributed by atoms with E-state index < -0.39 is 0 Å². The SMILES string of the molecule is Cc1nc2c(s1)C(N(C)C(=O)NC(C)c1cnn(C)c1C)CCC2. The fourth-order valence-electron chi connectivity index (χ4n) is 3.34. The van der Waals surface area contributed by atoms with Crippen molar-refractivity contribution in [3.63, 3.8) is 0 Å². The van der Waals surface area contributed by atoms with Gasteiger partial charge in [-0.05, 0) is 40.0 Å². The number of thiazole rings is 1. The molecule has 0 fully saturated rings. The van der Waals surface area contributed by atoms with E-state index in [-0.39, 0.29) is 18.1 Å². The van der Waals surface area contributed by atoms with E-state index in [1.807, 2.05) is 50.6 Å². The van der Waals surface area contributed by atoms with Crippen molar-refractivity contribution in [2.45, 2.75) is 52.1 Å². The Morgan fingerprint density at radius 1 is 1.50 bits per heavy atom. The van der Waals surface area contributed by atoms with Gasteiger partial charge in [0, 0.05) is 25.4 Å². The monoisotopic (exact) mass is 347 g/mol. The van der Waals surface area contributed by atoms with Crippen molar-refractivity contribution < 1.29 is 4.79 Å². The van der Waals surface area contributed by atoms with Gasteiger partial charge in [0.05, 0.1) is 33.9 Å². The second kappa shape index (κ2) is 6.55. The number of carbonyl (C=O) groups excluding carboxylic acids is 1. The molecule has 7 heteroatoms. The first-order chi connectivity index (χ1) is 11.4. The number of aromatic nitrogens is 3. The molecule has 2 aromatic heterocycles. The second-order valence-electron chi connectivity index (χ2n) is 6.54. The number of hydrogen-bond acceptors (Lipinski definition) is 4. The predicted molar refractivity (Wildman–Crippen MR) is 95.2 cm³/mol. The zero-order valence-electron chi connectivity index (χ0n) is 15.0. The second-order valence-corrected chi connectivity index (χ2v) is 7.78. The van der Waals surface area contributed by atoms with Gasteiger partial charge in [-0.15, -0.1) is 11.3 Å². The van der Waals surface area contributed by atoms with Gasteiger partial charge in [-0.3, -0.25) is 4.68 Å². The lowest BCUT2D eigenvalue weighted by atomic mass is 9.97. The number of hydrogen-bond donors (Lipinski definition) is 1. The average Bonchev–Trinajstić information content (AvgIpc) is 3.08. The molecule has 2 atom stereocenters. The van der Waals surface area contributed by atoms with Gasteiger partial charge in [0.2, 0.25) is 0 Å². The fourth-order valence-corrected chi connectivity index (χ4v) is 4.49. The van der Waals surface area contributed by atoms with E-state index in [1.54, 1.807) is 11.3 Å². The van der Waals surface area contributed by atoms with E-state index in [0.717, 1.165) is 35.5 Å². The summed E-state index contributed by atoms with van der Waals surface area (Å²) in [4.78, 5) is 20.4. The quantitative estimate of drug-likeness (QED) is 0.927. The van der Waals surface area contributed by atoms with Crippen LogP contribution in [-0.2, 0) is 13.5 Å². The van der Waals surface area contributed by atoms with Crippen LogP contribution in [0.2, 0.25) is 0 Å². The van der Waals surface area contributed by atoms with Crippen LogP contribution in [0, 0.1) is 13.8 Å². The summed E-state index contributed by atoms with van der Waals surface area (Å²) in [5, 5.41) is 8.44. The Hall–Kier alpha value is -1.89. The minimum absolute atomic E-state index is 0.0466. The first kappa shape index (κ1) is 17.0. The minimum Gasteiger partial charge on any atom is -0.331 e. The van der Waals surface area contributed by atoms with Gasteiger partial charge in [-0.1, -0.05) is 0 Å². The zero-order chi connectivity index (χ0) is 17.4. The number of aryl methyl sites for hydroxylation is 3. The third-order valence-electron chi connectivity index (χ3n) is 4.90. The zero-order valence-corrected chi connectivity index (χ0v) is 15.8. The van der Waals surface area contributed by atoms with E-state index in [1.165, 1.54) is 10.6 Å². The molecule has 130 valence electrons. The van der Waals surface area contributed by atoms with E-state index in [2.05, 4.69) is 15.4 Å². The maximum absolute atomic E-state index is 12.7. The van der Waals surface area contributed by atoms with Crippen LogP contribution in [0.5, 0.6) is 0 Å². The first-order valence-electron chi connectivity index (χ1n) is 8.36. The number of rotatable bonds is 3. The largest absolute Gasteiger partial charge is 0.331 e. The summed E-state index contributed by atoms with van der Waals surface area (Å²) in [6, 6.07) is 0.0108. The molecule has 1 aliphatic carbocycles. The van der Waals surface area contributed by atoms with Crippen LogP contribution in [-0.4, -0.2) is 32.7 Å². The molecule has 0 aliphatic heterocycles. The Bertz CT molecular complexity index is 750. The lowest BCUT2D eigenvalue weighted by Gasteiger charge is -2.31. The molecule has 24 heavy (non-hydrogen) atoms. The lowest BCUT2D eigenvalue weighted by Crippen LogP contribution is -2.41. The van der Waals surface area contributed by atoms with E-state index >= 15 is 0 Å². The van der Waals surface area contributed by atoms with Crippen molar-refractivity contribution in [1.29, 1.82) is 0 Å². The summed E-state index contributed by atoms with van der Waals surface area (Å²) in [5.74, 6) is 0. The predicted octanol–water partition coefficient (Wildman–Crippen LogP) is 3.27. The third-order valence-corrected chi connectivity index (χ3v) is 6.01. The van der Waals surface area contributed by atoms with Crippen molar-refractivity contribution in [2.24, 2.45) is 7.05 Å². The summed E-state index contributed by atoms with van der Waals surface area (Å²) in [6.07, 6.45) is 4.93. The Kier molecular flexibility index (Phi) is 4.62. The molecule has 0 saturated heterocycles. The number of amides is 2. The molecule has 2 unspecified atom stereocenters. The van der Waals surface area contributed by atoms with Crippen molar-refractivity contribution in [3.8, 4) is 0 Å². The molecule has 0 bridgehead atoms. The summed E-state index contributed by atoms with van der Waals surface area (Å²) in [5.41, 5.74) is 3.30. The summed E-state index contributed by atoms with van der Waals surface area (Å²) < 4.78 is 1.83. The third kappa shape index (κ3) is 3.05. The standard InChI is InChI=1S/C17H25N5OS/c1-10(13-9-18-22(5)11(13)2)19-17(23)21(4)15-8-6-7-14-16(15)24-12(3)20-14/h9-10,15H,6-8H2,1-5H3,(H,19,23). The number of nitrogens with one attached hydrogen (secondary N) is 1. The summed E-state index contributed by atoms with van der Waals surface area (Å²) in [6.45, 7) is 6.05. The molecule has 1 N–H and O–H groups in total. The number of nitrogens with zero attached hydrogens (tertiary/aromatic N) is 4. The molecule has 0 spiro atoms. The van der Waals surface area contributed by atoms with Gasteiger partial charge in [0.15, 0.2) is 0 Å². The lowest BCUT2D eigenvalue weighted by molar-refractivity contribution is 0.182. The highest BCUT2D eigenvalue weighted by atomic mass is 32.1. The smallest absolute Gasteiger partial charge is 0.318 e. The molecule has 1 aliphatic rings. The summed E-state index contributed by atoms with van der Waals surface area (Å²) in [7, 11) is 3.79. The van der Waals surface area contributed by atoms with Gasteiger partial charge < -0.3 is 10.2 Å². The number of carbonyl (C=O) groups is 1. The molecule has 0 saturated carbocycles. The molecule has 2 heterocycles. The van der Waals surface area contributed by atoms with Crippen molar-refractivity contribution >= 4 is 17.4 Å². The molecule has 2 aromatic rings. The Labute approximate surface area is 146 Å². The Morgan fingerprint density at radius 3 is 2.92 bits per heavy atom. The number of fused-ring (bicyclic) bond motifs is 1. The summed E-state index contributed by atoms with van der Waals surface area (Å²) >= 11 is 1.72. The Balaban J connectivity index is 1.72. The van der Waals surface area contributed by atoms with Crippen LogP contribution in [0.1, 0.15) is 58.7 Å². The Morgan fingerprint density at radius 2 is 2.25 bits per heavy atom. The average molecular weight is 347 g/mol. The molecule has 0 aromatic carbocycles. The van der Waals surface area contributed by atoms with Crippen molar-refractivity contribution in [1.82, 2.24) is 25.0 Å². The van der Waals surface area contributed by atoms with Crippen LogP contribution in [0.3, 0.4) is 0 Å². The highest BCUT2D eigenvalue weighted by Crippen LogP contribution is 2.37. The maximum Gasteiger partial charge on any atom is 0.318 e. The van der Waals surface area contributed by atoms with Gasteiger partial charge in [-0.2, -0.15) is 5.10 Å². The number of urea groups is 1. The van der Waals surface area contributed by atoms with E-state index in [4.69, 9.17) is 0 Å². The molecular weight excluding hydrogens is 322 g/mol. The van der Waals surface area contributed by atoms with Crippen LogP contribution in [0.25, 0.3) is 0 Å². The van der Waals surface area contributed by atoms with Crippen LogP contribution in [0.4, 0.5) is 4.79 Å². The van der Waals surface area contributed by atoms with Gasteiger partial charge >= 0.3 is 6.03 Å².